The summed E-state index contributed by atoms with van der Waals surface area (Å²) in [6.45, 7) is 0.963. The zero-order valence-corrected chi connectivity index (χ0v) is 18.1. The van der Waals surface area contributed by atoms with Crippen LogP contribution in [-0.4, -0.2) is 71.2 Å². The van der Waals surface area contributed by atoms with Crippen LogP contribution in [0.4, 0.5) is 11.8 Å². The smallest absolute Gasteiger partial charge is 0.239 e. The number of aromatic nitrogens is 2. The van der Waals surface area contributed by atoms with Gasteiger partial charge in [0.2, 0.25) is 21.9 Å². The van der Waals surface area contributed by atoms with E-state index in [-0.39, 0.29) is 24.1 Å². The fourth-order valence-electron chi connectivity index (χ4n) is 5.24. The highest BCUT2D eigenvalue weighted by atomic mass is 32.2. The van der Waals surface area contributed by atoms with Crippen LogP contribution in [0.2, 0.25) is 0 Å². The second kappa shape index (κ2) is 7.13. The van der Waals surface area contributed by atoms with Crippen molar-refractivity contribution in [1.29, 1.82) is 0 Å². The van der Waals surface area contributed by atoms with Crippen molar-refractivity contribution in [2.24, 2.45) is 0 Å². The number of aliphatic hydroxyl groups excluding tert-OH is 1. The number of fused-ring (bicyclic) bond motifs is 2. The highest BCUT2D eigenvalue weighted by Crippen LogP contribution is 2.57. The largest absolute Gasteiger partial charge is 0.393 e. The Kier molecular flexibility index (Phi) is 4.79. The molecule has 0 aromatic carbocycles. The minimum Gasteiger partial charge on any atom is -0.393 e. The summed E-state index contributed by atoms with van der Waals surface area (Å²) >= 11 is 0. The van der Waals surface area contributed by atoms with Gasteiger partial charge < -0.3 is 10.4 Å². The molecule has 2 saturated carbocycles. The third kappa shape index (κ3) is 3.38. The molecular weight excluding hydrogens is 406 g/mol. The molecule has 0 radical (unpaired) electrons. The van der Waals surface area contributed by atoms with E-state index in [1.165, 1.54) is 10.6 Å². The van der Waals surface area contributed by atoms with Gasteiger partial charge >= 0.3 is 0 Å². The lowest BCUT2D eigenvalue weighted by atomic mass is 9.92. The first kappa shape index (κ1) is 20.1. The molecule has 2 unspecified atom stereocenters. The summed E-state index contributed by atoms with van der Waals surface area (Å²) in [5.41, 5.74) is 0.474. The molecule has 164 valence electrons. The van der Waals surface area contributed by atoms with Gasteiger partial charge in [-0.3, -0.25) is 9.69 Å². The van der Waals surface area contributed by atoms with Crippen LogP contribution in [0.15, 0.2) is 6.20 Å². The van der Waals surface area contributed by atoms with Gasteiger partial charge in [-0.15, -0.1) is 0 Å². The van der Waals surface area contributed by atoms with Gasteiger partial charge in [0.1, 0.15) is 5.82 Å². The summed E-state index contributed by atoms with van der Waals surface area (Å²) < 4.78 is 24.9. The van der Waals surface area contributed by atoms with Crippen LogP contribution >= 0.6 is 0 Å². The van der Waals surface area contributed by atoms with Gasteiger partial charge in [-0.25, -0.2) is 17.7 Å². The molecule has 1 amide bonds. The first-order valence-corrected chi connectivity index (χ1v) is 12.7. The molecule has 30 heavy (non-hydrogen) atoms. The van der Waals surface area contributed by atoms with Gasteiger partial charge in [0.15, 0.2) is 0 Å². The maximum Gasteiger partial charge on any atom is 0.239 e. The number of piperidine rings is 1. The van der Waals surface area contributed by atoms with E-state index in [9.17, 15) is 18.3 Å². The average molecular weight is 436 g/mol. The highest BCUT2D eigenvalue weighted by molar-refractivity contribution is 7.88. The number of hydrogen-bond donors (Lipinski definition) is 2. The summed E-state index contributed by atoms with van der Waals surface area (Å²) in [6, 6.07) is 0.0821. The molecule has 2 aliphatic carbocycles. The minimum absolute atomic E-state index is 0.0132. The monoisotopic (exact) mass is 435 g/mol. The van der Waals surface area contributed by atoms with E-state index in [2.05, 4.69) is 10.3 Å². The molecule has 1 spiro atoms. The van der Waals surface area contributed by atoms with Crippen molar-refractivity contribution >= 4 is 27.7 Å². The maximum absolute atomic E-state index is 13.3. The van der Waals surface area contributed by atoms with Crippen LogP contribution < -0.4 is 10.2 Å². The SMILES string of the molecule is CS(=O)(=O)N1CCC(Nc2ncc3c(n2)N(C2CCCC(O)C2)C(=O)C32CC2)CC1. The number of anilines is 2. The van der Waals surface area contributed by atoms with Gasteiger partial charge in [-0.1, -0.05) is 0 Å². The van der Waals surface area contributed by atoms with Crippen molar-refractivity contribution in [3.8, 4) is 0 Å². The van der Waals surface area contributed by atoms with Gasteiger partial charge in [-0.2, -0.15) is 4.98 Å². The van der Waals surface area contributed by atoms with Crippen molar-refractivity contribution in [3.05, 3.63) is 11.8 Å². The van der Waals surface area contributed by atoms with E-state index in [0.717, 1.165) is 37.7 Å². The first-order chi connectivity index (χ1) is 14.3. The number of nitrogens with zero attached hydrogens (tertiary/aromatic N) is 4. The lowest BCUT2D eigenvalue weighted by molar-refractivity contribution is -0.121. The van der Waals surface area contributed by atoms with E-state index < -0.39 is 15.4 Å². The number of hydrogen-bond acceptors (Lipinski definition) is 7. The summed E-state index contributed by atoms with van der Waals surface area (Å²) in [6.07, 6.45) is 8.90. The first-order valence-electron chi connectivity index (χ1n) is 10.9. The van der Waals surface area contributed by atoms with E-state index in [1.807, 2.05) is 4.90 Å². The molecule has 9 nitrogen and oxygen atoms in total. The van der Waals surface area contributed by atoms with Gasteiger partial charge in [-0.05, 0) is 51.4 Å². The number of sulfonamides is 1. The number of nitrogens with one attached hydrogen (secondary N) is 1. The van der Waals surface area contributed by atoms with Crippen molar-refractivity contribution in [2.75, 3.05) is 29.6 Å². The Balaban J connectivity index is 1.36. The van der Waals surface area contributed by atoms with E-state index in [1.54, 1.807) is 6.20 Å². The van der Waals surface area contributed by atoms with Crippen LogP contribution in [0.3, 0.4) is 0 Å². The Bertz CT molecular complexity index is 956. The lowest BCUT2D eigenvalue weighted by Crippen LogP contribution is -2.44. The molecule has 4 aliphatic rings. The minimum atomic E-state index is -3.16. The molecular formula is C20H29N5O4S. The molecule has 3 heterocycles. The van der Waals surface area contributed by atoms with Crippen LogP contribution in [0.5, 0.6) is 0 Å². The topological polar surface area (TPSA) is 116 Å². The highest BCUT2D eigenvalue weighted by Gasteiger charge is 2.61. The summed E-state index contributed by atoms with van der Waals surface area (Å²) in [4.78, 5) is 24.4. The van der Waals surface area contributed by atoms with Crippen LogP contribution in [0, 0.1) is 0 Å². The number of rotatable bonds is 4. The van der Waals surface area contributed by atoms with Crippen LogP contribution in [0.1, 0.15) is 56.9 Å². The van der Waals surface area contributed by atoms with Crippen molar-refractivity contribution in [2.45, 2.75) is 75.0 Å². The van der Waals surface area contributed by atoms with Gasteiger partial charge in [0, 0.05) is 36.9 Å². The summed E-state index contributed by atoms with van der Waals surface area (Å²) in [5, 5.41) is 13.5. The lowest BCUT2D eigenvalue weighted by Gasteiger charge is -2.33. The number of amides is 1. The standard InChI is InChI=1S/C20H29N5O4S/c1-30(28,29)24-9-5-13(6-10-24)22-19-21-12-16-17(23-19)25(18(27)20(16)7-8-20)14-3-2-4-15(26)11-14/h12-15,26H,2-11H2,1H3,(H,21,22,23). The number of carbonyl (C=O) groups is 1. The fourth-order valence-corrected chi connectivity index (χ4v) is 6.11. The van der Waals surface area contributed by atoms with Crippen molar-refractivity contribution < 1.29 is 18.3 Å². The summed E-state index contributed by atoms with van der Waals surface area (Å²) in [7, 11) is -3.16. The Morgan fingerprint density at radius 2 is 1.93 bits per heavy atom. The molecule has 3 fully saturated rings. The number of aliphatic hydroxyl groups is 1. The van der Waals surface area contributed by atoms with Crippen LogP contribution in [-0.2, 0) is 20.2 Å². The summed E-state index contributed by atoms with van der Waals surface area (Å²) in [5.74, 6) is 1.30. The maximum atomic E-state index is 13.3. The molecule has 10 heteroatoms. The molecule has 2 atom stereocenters. The van der Waals surface area contributed by atoms with Crippen molar-refractivity contribution in [1.82, 2.24) is 14.3 Å². The Labute approximate surface area is 176 Å². The Morgan fingerprint density at radius 1 is 1.20 bits per heavy atom. The second-order valence-corrected chi connectivity index (χ2v) is 11.2. The third-order valence-electron chi connectivity index (χ3n) is 7.13. The fraction of sp³-hybridized carbons (Fsp3) is 0.750. The van der Waals surface area contributed by atoms with Gasteiger partial charge in [0.05, 0.1) is 17.8 Å². The Morgan fingerprint density at radius 3 is 2.57 bits per heavy atom. The zero-order chi connectivity index (χ0) is 21.1. The predicted octanol–water partition coefficient (Wildman–Crippen LogP) is 0.994. The molecule has 1 aromatic heterocycles. The molecule has 5 rings (SSSR count). The van der Waals surface area contributed by atoms with E-state index in [4.69, 9.17) is 4.98 Å². The second-order valence-electron chi connectivity index (χ2n) is 9.24. The third-order valence-corrected chi connectivity index (χ3v) is 8.43. The van der Waals surface area contributed by atoms with Crippen molar-refractivity contribution in [3.63, 3.8) is 0 Å². The zero-order valence-electron chi connectivity index (χ0n) is 17.2. The quantitative estimate of drug-likeness (QED) is 0.725. The van der Waals surface area contributed by atoms with E-state index >= 15 is 0 Å². The molecule has 1 aromatic rings. The molecule has 1 saturated heterocycles. The van der Waals surface area contributed by atoms with E-state index in [0.29, 0.717) is 44.1 Å². The predicted molar refractivity (Wildman–Crippen MR) is 112 cm³/mol. The molecule has 0 bridgehead atoms. The van der Waals surface area contributed by atoms with Gasteiger partial charge in [0.25, 0.3) is 0 Å². The number of carbonyl (C=O) groups excluding carboxylic acids is 1. The average Bonchev–Trinajstić information content (AvgIpc) is 3.46. The molecule has 2 aliphatic heterocycles. The molecule has 2 N–H and O–H groups in total. The normalized spacial score (nSPS) is 29.3. The Hall–Kier alpha value is -1.78. The van der Waals surface area contributed by atoms with Crippen LogP contribution in [0.25, 0.3) is 0 Å².